The van der Waals surface area contributed by atoms with Gasteiger partial charge in [0.05, 0.1) is 12.5 Å². The lowest BCUT2D eigenvalue weighted by Gasteiger charge is -1.50. The van der Waals surface area contributed by atoms with Gasteiger partial charge in [-0.2, -0.15) is 0 Å². The third kappa shape index (κ3) is 5.75. The molecule has 0 aliphatic heterocycles. The Hall–Kier alpha value is -0.250. The van der Waals surface area contributed by atoms with Gasteiger partial charge < -0.3 is 4.42 Å². The topological polar surface area (TPSA) is 13.1 Å². The second-order valence-electron chi connectivity index (χ2n) is 0.947. The van der Waals surface area contributed by atoms with E-state index in [-0.39, 0.29) is 0 Å². The molecule has 0 bridgehead atoms. The molecule has 1 aromatic rings. The molecule has 44 valence electrons. The Bertz CT molecular complexity index is 94.9. The van der Waals surface area contributed by atoms with Crippen LogP contribution in [-0.2, 0) is 0 Å². The lowest BCUT2D eigenvalue weighted by molar-refractivity contribution is 0.567. The Morgan fingerprint density at radius 3 is 1.88 bits per heavy atom. The van der Waals surface area contributed by atoms with Crippen LogP contribution >= 0.6 is 22.6 Å². The average molecular weight is 222 g/mol. The van der Waals surface area contributed by atoms with Crippen molar-refractivity contribution in [2.75, 3.05) is 0 Å². The normalized spacial score (nSPS) is 6.62. The van der Waals surface area contributed by atoms with E-state index in [1.165, 1.54) is 0 Å². The van der Waals surface area contributed by atoms with Crippen molar-refractivity contribution in [1.29, 1.82) is 0 Å². The molecular weight excluding hydrogens is 215 g/mol. The van der Waals surface area contributed by atoms with Gasteiger partial charge in [0.25, 0.3) is 0 Å². The van der Waals surface area contributed by atoms with Crippen LogP contribution in [0.4, 0.5) is 0 Å². The fraction of sp³-hybridized carbons (Fsp3) is 0. The van der Waals surface area contributed by atoms with Gasteiger partial charge in [-0.15, -0.1) is 0 Å². The number of hydrogen-bond donors (Lipinski definition) is 0. The number of furan rings is 1. The molecule has 0 saturated carbocycles. The zero-order chi connectivity index (χ0) is 6.24. The molecule has 1 rings (SSSR count). The molecule has 0 aliphatic carbocycles. The summed E-state index contributed by atoms with van der Waals surface area (Å²) in [7, 11) is 0. The van der Waals surface area contributed by atoms with Crippen LogP contribution < -0.4 is 0 Å². The maximum atomic E-state index is 4.58. The number of rotatable bonds is 0. The Morgan fingerprint density at radius 2 is 1.75 bits per heavy atom. The van der Waals surface area contributed by atoms with Gasteiger partial charge in [0.1, 0.15) is 0 Å². The van der Waals surface area contributed by atoms with E-state index in [0.29, 0.717) is 0 Å². The summed E-state index contributed by atoms with van der Waals surface area (Å²) in [5.74, 6) is 0. The molecule has 0 aromatic carbocycles. The quantitative estimate of drug-likeness (QED) is 0.615. The third-order valence-corrected chi connectivity index (χ3v) is 0.425. The molecule has 0 radical (unpaired) electrons. The summed E-state index contributed by atoms with van der Waals surface area (Å²) in [6.45, 7) is 3.35. The summed E-state index contributed by atoms with van der Waals surface area (Å²) in [5, 5.41) is 0. The van der Waals surface area contributed by atoms with Crippen molar-refractivity contribution < 1.29 is 4.42 Å². The maximum Gasteiger partial charge on any atom is 0.0902 e. The molecule has 2 heteroatoms. The SMILES string of the molecule is C=CI.c1ccoc1. The van der Waals surface area contributed by atoms with Crippen molar-refractivity contribution in [2.45, 2.75) is 0 Å². The summed E-state index contributed by atoms with van der Waals surface area (Å²) in [4.78, 5) is 0. The molecule has 0 aliphatic rings. The van der Waals surface area contributed by atoms with E-state index in [1.54, 1.807) is 16.6 Å². The van der Waals surface area contributed by atoms with E-state index < -0.39 is 0 Å². The minimum Gasteiger partial charge on any atom is -0.473 e. The monoisotopic (exact) mass is 222 g/mol. The maximum absolute atomic E-state index is 4.58. The minimum absolute atomic E-state index is 1.62. The first kappa shape index (κ1) is 7.75. The van der Waals surface area contributed by atoms with Crippen LogP contribution in [0.5, 0.6) is 0 Å². The van der Waals surface area contributed by atoms with Gasteiger partial charge in [-0.25, -0.2) is 0 Å². The van der Waals surface area contributed by atoms with Crippen LogP contribution in [0.1, 0.15) is 0 Å². The molecule has 1 aromatic heterocycles. The van der Waals surface area contributed by atoms with Crippen LogP contribution in [-0.4, -0.2) is 0 Å². The lowest BCUT2D eigenvalue weighted by atomic mass is 10.7. The van der Waals surface area contributed by atoms with Crippen molar-refractivity contribution in [3.05, 3.63) is 35.3 Å². The summed E-state index contributed by atoms with van der Waals surface area (Å²) >= 11 is 2.05. The highest BCUT2D eigenvalue weighted by molar-refractivity contribution is 14.1. The van der Waals surface area contributed by atoms with Gasteiger partial charge in [-0.05, 0) is 16.2 Å². The highest BCUT2D eigenvalue weighted by Gasteiger charge is 1.58. The van der Waals surface area contributed by atoms with Crippen molar-refractivity contribution in [1.82, 2.24) is 0 Å². The Labute approximate surface area is 62.5 Å². The Balaban J connectivity index is 0.000000145. The van der Waals surface area contributed by atoms with Crippen LogP contribution in [0.2, 0.25) is 0 Å². The van der Waals surface area contributed by atoms with Crippen molar-refractivity contribution >= 4 is 22.6 Å². The van der Waals surface area contributed by atoms with E-state index in [1.807, 2.05) is 12.1 Å². The van der Waals surface area contributed by atoms with E-state index in [0.717, 1.165) is 0 Å². The van der Waals surface area contributed by atoms with Gasteiger partial charge in [0, 0.05) is 0 Å². The van der Waals surface area contributed by atoms with Crippen molar-refractivity contribution in [3.8, 4) is 0 Å². The second-order valence-corrected chi connectivity index (χ2v) is 1.83. The first-order valence-corrected chi connectivity index (χ1v) is 3.34. The average Bonchev–Trinajstić information content (AvgIpc) is 2.17. The number of halogens is 1. The van der Waals surface area contributed by atoms with Gasteiger partial charge in [-0.1, -0.05) is 29.2 Å². The van der Waals surface area contributed by atoms with Crippen molar-refractivity contribution in [3.63, 3.8) is 0 Å². The molecule has 1 nitrogen and oxygen atoms in total. The first-order valence-electron chi connectivity index (χ1n) is 2.10. The van der Waals surface area contributed by atoms with Crippen LogP contribution in [0, 0.1) is 0 Å². The van der Waals surface area contributed by atoms with Crippen LogP contribution in [0.3, 0.4) is 0 Å². The molecule has 1 heterocycles. The highest BCUT2D eigenvalue weighted by Crippen LogP contribution is 1.79. The van der Waals surface area contributed by atoms with E-state index in [2.05, 4.69) is 33.6 Å². The predicted molar refractivity (Wildman–Crippen MR) is 42.9 cm³/mol. The molecule has 0 unspecified atom stereocenters. The molecule has 0 spiro atoms. The largest absolute Gasteiger partial charge is 0.473 e. The third-order valence-electron chi connectivity index (χ3n) is 0.425. The minimum atomic E-state index is 1.62. The summed E-state index contributed by atoms with van der Waals surface area (Å²) in [5.41, 5.74) is 0. The van der Waals surface area contributed by atoms with Crippen LogP contribution in [0.25, 0.3) is 0 Å². The standard InChI is InChI=1S/C4H4O.C2H3I/c1-2-4-5-3-1;1-2-3/h1-4H;2H,1H2. The highest BCUT2D eigenvalue weighted by atomic mass is 127. The van der Waals surface area contributed by atoms with Gasteiger partial charge >= 0.3 is 0 Å². The predicted octanol–water partition coefficient (Wildman–Crippen LogP) is 2.84. The first-order chi connectivity index (χ1) is 3.91. The van der Waals surface area contributed by atoms with Gasteiger partial charge in [0.2, 0.25) is 0 Å². The lowest BCUT2D eigenvalue weighted by Crippen LogP contribution is -1.16. The van der Waals surface area contributed by atoms with E-state index in [4.69, 9.17) is 0 Å². The summed E-state index contributed by atoms with van der Waals surface area (Å²) in [6, 6.07) is 3.67. The zero-order valence-corrected chi connectivity index (χ0v) is 6.54. The molecule has 0 fully saturated rings. The number of hydrogen-bond acceptors (Lipinski definition) is 1. The smallest absolute Gasteiger partial charge is 0.0902 e. The molecular formula is C6H7IO. The summed E-state index contributed by atoms with van der Waals surface area (Å²) in [6.07, 6.45) is 3.25. The Kier molecular flexibility index (Phi) is 6.54. The fourth-order valence-corrected chi connectivity index (χ4v) is 0.227. The van der Waals surface area contributed by atoms with Crippen LogP contribution in [0.15, 0.2) is 39.7 Å². The van der Waals surface area contributed by atoms with Gasteiger partial charge in [0.15, 0.2) is 0 Å². The zero-order valence-electron chi connectivity index (χ0n) is 4.38. The molecule has 0 N–H and O–H groups in total. The second kappa shape index (κ2) is 6.75. The van der Waals surface area contributed by atoms with E-state index in [9.17, 15) is 0 Å². The van der Waals surface area contributed by atoms with Crippen molar-refractivity contribution in [2.24, 2.45) is 0 Å². The van der Waals surface area contributed by atoms with E-state index >= 15 is 0 Å². The van der Waals surface area contributed by atoms with Gasteiger partial charge in [-0.3, -0.25) is 0 Å². The summed E-state index contributed by atoms with van der Waals surface area (Å²) < 4.78 is 6.30. The molecule has 8 heavy (non-hydrogen) atoms. The molecule has 0 amide bonds. The molecule has 0 atom stereocenters. The fourth-order valence-electron chi connectivity index (χ4n) is 0.227. The Morgan fingerprint density at radius 1 is 1.38 bits per heavy atom. The molecule has 0 saturated heterocycles.